The van der Waals surface area contributed by atoms with Crippen molar-refractivity contribution in [3.05, 3.63) is 72.2 Å². The van der Waals surface area contributed by atoms with E-state index in [1.54, 1.807) is 6.07 Å². The number of para-hydroxylation sites is 1. The van der Waals surface area contributed by atoms with Crippen molar-refractivity contribution in [3.63, 3.8) is 0 Å². The van der Waals surface area contributed by atoms with E-state index in [1.807, 2.05) is 42.5 Å². The number of nitrogens with zero attached hydrogens (tertiary/aromatic N) is 2. The van der Waals surface area contributed by atoms with Crippen LogP contribution in [0.4, 0.5) is 10.1 Å². The SMILES string of the molecule is O=C(Nc1ccccc1)C1CCCCN1Cc1ccc2cc(F)ccc2n1. The van der Waals surface area contributed by atoms with E-state index in [0.29, 0.717) is 6.54 Å². The number of piperidine rings is 1. The number of aromatic nitrogens is 1. The van der Waals surface area contributed by atoms with Crippen molar-refractivity contribution in [2.45, 2.75) is 31.8 Å². The number of fused-ring (bicyclic) bond motifs is 1. The molecule has 5 heteroatoms. The number of carbonyl (C=O) groups is 1. The summed E-state index contributed by atoms with van der Waals surface area (Å²) in [5.41, 5.74) is 2.49. The summed E-state index contributed by atoms with van der Waals surface area (Å²) < 4.78 is 13.3. The van der Waals surface area contributed by atoms with Crippen LogP contribution < -0.4 is 5.32 Å². The third kappa shape index (κ3) is 4.14. The molecule has 1 aromatic heterocycles. The topological polar surface area (TPSA) is 45.2 Å². The molecule has 3 aromatic rings. The quantitative estimate of drug-likeness (QED) is 0.749. The largest absolute Gasteiger partial charge is 0.325 e. The van der Waals surface area contributed by atoms with Crippen molar-refractivity contribution in [1.29, 1.82) is 0 Å². The minimum Gasteiger partial charge on any atom is -0.325 e. The zero-order valence-electron chi connectivity index (χ0n) is 15.1. The van der Waals surface area contributed by atoms with E-state index in [9.17, 15) is 9.18 Å². The number of likely N-dealkylation sites (tertiary alicyclic amines) is 1. The van der Waals surface area contributed by atoms with Gasteiger partial charge in [0, 0.05) is 17.6 Å². The highest BCUT2D eigenvalue weighted by Crippen LogP contribution is 2.22. The minimum atomic E-state index is -0.259. The van der Waals surface area contributed by atoms with E-state index in [-0.39, 0.29) is 17.8 Å². The second-order valence-electron chi connectivity index (χ2n) is 6.98. The maximum absolute atomic E-state index is 13.3. The third-order valence-corrected chi connectivity index (χ3v) is 5.03. The van der Waals surface area contributed by atoms with E-state index >= 15 is 0 Å². The highest BCUT2D eigenvalue weighted by Gasteiger charge is 2.29. The fourth-order valence-corrected chi connectivity index (χ4v) is 3.66. The number of rotatable bonds is 4. The predicted molar refractivity (Wildman–Crippen MR) is 105 cm³/mol. The zero-order chi connectivity index (χ0) is 18.6. The van der Waals surface area contributed by atoms with Gasteiger partial charge in [0.15, 0.2) is 0 Å². The minimum absolute atomic E-state index is 0.0313. The Kier molecular flexibility index (Phi) is 5.12. The monoisotopic (exact) mass is 363 g/mol. The Morgan fingerprint density at radius 3 is 2.81 bits per heavy atom. The van der Waals surface area contributed by atoms with Crippen LogP contribution in [0.5, 0.6) is 0 Å². The van der Waals surface area contributed by atoms with Crippen LogP contribution >= 0.6 is 0 Å². The van der Waals surface area contributed by atoms with Gasteiger partial charge in [-0.2, -0.15) is 0 Å². The van der Waals surface area contributed by atoms with E-state index in [2.05, 4.69) is 15.2 Å². The molecular formula is C22H22FN3O. The molecule has 1 amide bonds. The number of hydrogen-bond donors (Lipinski definition) is 1. The van der Waals surface area contributed by atoms with Crippen molar-refractivity contribution in [2.24, 2.45) is 0 Å². The molecule has 1 N–H and O–H groups in total. The van der Waals surface area contributed by atoms with Crippen LogP contribution in [0, 0.1) is 5.82 Å². The van der Waals surface area contributed by atoms with Gasteiger partial charge in [-0.05, 0) is 55.8 Å². The van der Waals surface area contributed by atoms with Crippen molar-refractivity contribution < 1.29 is 9.18 Å². The van der Waals surface area contributed by atoms with Crippen LogP contribution in [0.3, 0.4) is 0 Å². The van der Waals surface area contributed by atoms with Crippen molar-refractivity contribution in [3.8, 4) is 0 Å². The molecule has 27 heavy (non-hydrogen) atoms. The average Bonchev–Trinajstić information content (AvgIpc) is 2.69. The molecule has 0 spiro atoms. The Labute approximate surface area is 158 Å². The van der Waals surface area contributed by atoms with Crippen LogP contribution in [-0.4, -0.2) is 28.4 Å². The van der Waals surface area contributed by atoms with Gasteiger partial charge < -0.3 is 5.32 Å². The average molecular weight is 363 g/mol. The molecule has 0 radical (unpaired) electrons. The van der Waals surface area contributed by atoms with Gasteiger partial charge in [-0.1, -0.05) is 30.7 Å². The van der Waals surface area contributed by atoms with Crippen molar-refractivity contribution >= 4 is 22.5 Å². The first-order valence-corrected chi connectivity index (χ1v) is 9.34. The van der Waals surface area contributed by atoms with Crippen molar-refractivity contribution in [2.75, 3.05) is 11.9 Å². The lowest BCUT2D eigenvalue weighted by Crippen LogP contribution is -2.46. The molecule has 1 atom stereocenters. The fourth-order valence-electron chi connectivity index (χ4n) is 3.66. The Morgan fingerprint density at radius 1 is 1.11 bits per heavy atom. The first-order chi connectivity index (χ1) is 13.2. The van der Waals surface area contributed by atoms with Gasteiger partial charge >= 0.3 is 0 Å². The van der Waals surface area contributed by atoms with Gasteiger partial charge in [-0.15, -0.1) is 0 Å². The molecule has 2 aromatic carbocycles. The summed E-state index contributed by atoms with van der Waals surface area (Å²) in [4.78, 5) is 19.6. The summed E-state index contributed by atoms with van der Waals surface area (Å²) in [6.45, 7) is 1.48. The van der Waals surface area contributed by atoms with Gasteiger partial charge in [-0.25, -0.2) is 4.39 Å². The maximum Gasteiger partial charge on any atom is 0.241 e. The first-order valence-electron chi connectivity index (χ1n) is 9.34. The molecule has 0 bridgehead atoms. The van der Waals surface area contributed by atoms with Crippen LogP contribution in [0.2, 0.25) is 0 Å². The lowest BCUT2D eigenvalue weighted by atomic mass is 10.0. The number of anilines is 1. The maximum atomic E-state index is 13.3. The van der Waals surface area contributed by atoms with E-state index < -0.39 is 0 Å². The third-order valence-electron chi connectivity index (χ3n) is 5.03. The Morgan fingerprint density at radius 2 is 1.96 bits per heavy atom. The second-order valence-corrected chi connectivity index (χ2v) is 6.98. The lowest BCUT2D eigenvalue weighted by molar-refractivity contribution is -0.122. The summed E-state index contributed by atoms with van der Waals surface area (Å²) in [5, 5.41) is 3.81. The number of benzene rings is 2. The Hall–Kier alpha value is -2.79. The van der Waals surface area contributed by atoms with Crippen LogP contribution in [0.1, 0.15) is 25.0 Å². The van der Waals surface area contributed by atoms with Crippen LogP contribution in [0.25, 0.3) is 10.9 Å². The number of carbonyl (C=O) groups excluding carboxylic acids is 1. The molecule has 1 aliphatic rings. The molecule has 0 aliphatic carbocycles. The number of halogens is 1. The smallest absolute Gasteiger partial charge is 0.241 e. The van der Waals surface area contributed by atoms with Gasteiger partial charge in [-0.3, -0.25) is 14.7 Å². The number of nitrogens with one attached hydrogen (secondary N) is 1. The molecule has 1 fully saturated rings. The van der Waals surface area contributed by atoms with Crippen LogP contribution in [0.15, 0.2) is 60.7 Å². The molecule has 2 heterocycles. The van der Waals surface area contributed by atoms with Crippen LogP contribution in [-0.2, 0) is 11.3 Å². The predicted octanol–water partition coefficient (Wildman–Crippen LogP) is 4.37. The molecule has 0 saturated carbocycles. The molecule has 1 aliphatic heterocycles. The molecular weight excluding hydrogens is 341 g/mol. The summed E-state index contributed by atoms with van der Waals surface area (Å²) in [6, 6.07) is 17.8. The zero-order valence-corrected chi connectivity index (χ0v) is 15.1. The summed E-state index contributed by atoms with van der Waals surface area (Å²) in [5.74, 6) is -0.227. The molecule has 4 rings (SSSR count). The normalized spacial score (nSPS) is 17.7. The summed E-state index contributed by atoms with van der Waals surface area (Å²) in [6.07, 6.45) is 2.97. The Bertz CT molecular complexity index is 945. The van der Waals surface area contributed by atoms with Crippen molar-refractivity contribution in [1.82, 2.24) is 9.88 Å². The lowest BCUT2D eigenvalue weighted by Gasteiger charge is -2.34. The molecule has 1 saturated heterocycles. The highest BCUT2D eigenvalue weighted by atomic mass is 19.1. The number of pyridine rings is 1. The van der Waals surface area contributed by atoms with Gasteiger partial charge in [0.05, 0.1) is 17.3 Å². The van der Waals surface area contributed by atoms with E-state index in [1.165, 1.54) is 12.1 Å². The summed E-state index contributed by atoms with van der Waals surface area (Å²) >= 11 is 0. The molecule has 138 valence electrons. The number of amides is 1. The van der Waals surface area contributed by atoms with E-state index in [0.717, 1.165) is 48.1 Å². The number of hydrogen-bond acceptors (Lipinski definition) is 3. The fraction of sp³-hybridized carbons (Fsp3) is 0.273. The standard InChI is InChI=1S/C22H22FN3O/c23-17-10-12-20-16(14-17)9-11-19(24-20)15-26-13-5-4-8-21(26)22(27)25-18-6-2-1-3-7-18/h1-3,6-7,9-12,14,21H,4-5,8,13,15H2,(H,25,27). The second kappa shape index (κ2) is 7.84. The Balaban J connectivity index is 1.50. The van der Waals surface area contributed by atoms with E-state index in [4.69, 9.17) is 0 Å². The molecule has 4 nitrogen and oxygen atoms in total. The highest BCUT2D eigenvalue weighted by molar-refractivity contribution is 5.94. The molecule has 1 unspecified atom stereocenters. The first kappa shape index (κ1) is 17.6. The van der Waals surface area contributed by atoms with Gasteiger partial charge in [0.2, 0.25) is 5.91 Å². The van der Waals surface area contributed by atoms with Gasteiger partial charge in [0.1, 0.15) is 5.82 Å². The summed E-state index contributed by atoms with van der Waals surface area (Å²) in [7, 11) is 0. The van der Waals surface area contributed by atoms with Gasteiger partial charge in [0.25, 0.3) is 0 Å².